The largest absolute Gasteiger partial charge is 0.503 e. The molecular weight excluding hydrogens is 152 g/mol. The molecule has 6 heteroatoms. The third-order valence-electron chi connectivity index (χ3n) is 0.781. The van der Waals surface area contributed by atoms with Crippen molar-refractivity contribution in [3.63, 3.8) is 0 Å². The fourth-order valence-corrected chi connectivity index (χ4v) is 0.434. The molecule has 1 aliphatic rings. The molecule has 1 aliphatic heterocycles. The highest BCUT2D eigenvalue weighted by molar-refractivity contribution is 5.81. The maximum absolute atomic E-state index is 10.2. The van der Waals surface area contributed by atoms with Crippen LogP contribution in [-0.2, 0) is 4.79 Å². The van der Waals surface area contributed by atoms with E-state index < -0.39 is 6.16 Å². The number of nitrogens with zero attached hydrogens (tertiary/aromatic N) is 1. The van der Waals surface area contributed by atoms with Gasteiger partial charge in [-0.2, -0.15) is 5.10 Å². The van der Waals surface area contributed by atoms with Gasteiger partial charge in [-0.05, 0) is 6.42 Å². The number of rotatable bonds is 0. The Morgan fingerprint density at radius 3 is 2.36 bits per heavy atom. The molecule has 62 valence electrons. The number of amides is 1. The van der Waals surface area contributed by atoms with Crippen molar-refractivity contribution in [2.24, 2.45) is 5.10 Å². The van der Waals surface area contributed by atoms with Gasteiger partial charge in [0.05, 0.1) is 0 Å². The maximum atomic E-state index is 10.2. The van der Waals surface area contributed by atoms with Crippen molar-refractivity contribution in [1.29, 1.82) is 0 Å². The van der Waals surface area contributed by atoms with E-state index in [0.717, 1.165) is 6.42 Å². The number of carbonyl (C=O) groups excluding carboxylic acids is 1. The zero-order valence-electron chi connectivity index (χ0n) is 5.65. The fraction of sp³-hybridized carbons (Fsp3) is 0.400. The van der Waals surface area contributed by atoms with Crippen LogP contribution in [0.1, 0.15) is 12.8 Å². The molecule has 0 saturated carbocycles. The first kappa shape index (κ1) is 9.41. The first-order chi connectivity index (χ1) is 5.13. The smallest absolute Gasteiger partial charge is 0.450 e. The number of hydrogen-bond donors (Lipinski definition) is 3. The van der Waals surface area contributed by atoms with Gasteiger partial charge in [0.25, 0.3) is 0 Å². The minimum atomic E-state index is -1.83. The summed E-state index contributed by atoms with van der Waals surface area (Å²) >= 11 is 0. The monoisotopic (exact) mass is 160 g/mol. The van der Waals surface area contributed by atoms with Crippen LogP contribution in [0.3, 0.4) is 0 Å². The van der Waals surface area contributed by atoms with Crippen LogP contribution in [0, 0.1) is 0 Å². The van der Waals surface area contributed by atoms with Crippen molar-refractivity contribution in [3.05, 3.63) is 0 Å². The molecule has 0 radical (unpaired) electrons. The van der Waals surface area contributed by atoms with E-state index in [1.54, 1.807) is 6.21 Å². The SMILES string of the molecule is O=C(O)O.O=C1CCC=NN1. The lowest BCUT2D eigenvalue weighted by atomic mass is 10.3. The molecule has 0 fully saturated rings. The maximum Gasteiger partial charge on any atom is 0.503 e. The van der Waals surface area contributed by atoms with Crippen LogP contribution in [0.2, 0.25) is 0 Å². The summed E-state index contributed by atoms with van der Waals surface area (Å²) in [6.45, 7) is 0. The van der Waals surface area contributed by atoms with Crippen molar-refractivity contribution < 1.29 is 19.8 Å². The van der Waals surface area contributed by atoms with Crippen LogP contribution >= 0.6 is 0 Å². The molecule has 0 aliphatic carbocycles. The third kappa shape index (κ3) is 8.41. The minimum Gasteiger partial charge on any atom is -0.450 e. The highest BCUT2D eigenvalue weighted by Gasteiger charge is 1.99. The predicted octanol–water partition coefficient (Wildman–Crippen LogP) is 0.105. The molecule has 0 atom stereocenters. The summed E-state index contributed by atoms with van der Waals surface area (Å²) in [6.07, 6.45) is 1.23. The number of hydrazone groups is 1. The minimum absolute atomic E-state index is 0.0162. The summed E-state index contributed by atoms with van der Waals surface area (Å²) in [5, 5.41) is 17.5. The second-order valence-corrected chi connectivity index (χ2v) is 1.67. The second-order valence-electron chi connectivity index (χ2n) is 1.67. The molecule has 0 spiro atoms. The average Bonchev–Trinajstić information content (AvgIpc) is 1.87. The van der Waals surface area contributed by atoms with Crippen LogP contribution in [-0.4, -0.2) is 28.5 Å². The highest BCUT2D eigenvalue weighted by atomic mass is 16.6. The van der Waals surface area contributed by atoms with E-state index in [9.17, 15) is 4.79 Å². The molecule has 3 N–H and O–H groups in total. The molecule has 1 amide bonds. The van der Waals surface area contributed by atoms with E-state index in [1.165, 1.54) is 0 Å². The van der Waals surface area contributed by atoms with E-state index in [-0.39, 0.29) is 5.91 Å². The van der Waals surface area contributed by atoms with Crippen LogP contribution in [0.5, 0.6) is 0 Å². The van der Waals surface area contributed by atoms with Gasteiger partial charge in [0.15, 0.2) is 0 Å². The highest BCUT2D eigenvalue weighted by Crippen LogP contribution is 1.88. The van der Waals surface area contributed by atoms with E-state index in [4.69, 9.17) is 15.0 Å². The third-order valence-corrected chi connectivity index (χ3v) is 0.781. The molecule has 0 saturated heterocycles. The quantitative estimate of drug-likeness (QED) is 0.468. The Bertz CT molecular complexity index is 173. The molecule has 0 aromatic carbocycles. The second kappa shape index (κ2) is 5.21. The first-order valence-corrected chi connectivity index (χ1v) is 2.85. The zero-order chi connectivity index (χ0) is 8.69. The van der Waals surface area contributed by atoms with Gasteiger partial charge in [-0.3, -0.25) is 4.79 Å². The van der Waals surface area contributed by atoms with E-state index >= 15 is 0 Å². The van der Waals surface area contributed by atoms with Gasteiger partial charge in [-0.15, -0.1) is 0 Å². The average molecular weight is 160 g/mol. The first-order valence-electron chi connectivity index (χ1n) is 2.85. The van der Waals surface area contributed by atoms with Gasteiger partial charge < -0.3 is 10.2 Å². The van der Waals surface area contributed by atoms with E-state index in [1.807, 2.05) is 0 Å². The zero-order valence-corrected chi connectivity index (χ0v) is 5.65. The number of carboxylic acid groups (broad SMARTS) is 2. The van der Waals surface area contributed by atoms with Crippen molar-refractivity contribution in [2.75, 3.05) is 0 Å². The van der Waals surface area contributed by atoms with Crippen molar-refractivity contribution in [1.82, 2.24) is 5.43 Å². The van der Waals surface area contributed by atoms with E-state index in [0.29, 0.717) is 6.42 Å². The van der Waals surface area contributed by atoms with Crippen molar-refractivity contribution in [2.45, 2.75) is 12.8 Å². The predicted molar refractivity (Wildman–Crippen MR) is 36.5 cm³/mol. The van der Waals surface area contributed by atoms with E-state index in [2.05, 4.69) is 10.5 Å². The molecule has 0 aromatic rings. The summed E-state index contributed by atoms with van der Waals surface area (Å²) in [4.78, 5) is 18.8. The lowest BCUT2D eigenvalue weighted by Crippen LogP contribution is -2.20. The Labute approximate surface area is 62.5 Å². The summed E-state index contributed by atoms with van der Waals surface area (Å²) < 4.78 is 0. The molecular formula is C5H8N2O4. The summed E-state index contributed by atoms with van der Waals surface area (Å²) in [7, 11) is 0. The van der Waals surface area contributed by atoms with Gasteiger partial charge in [-0.1, -0.05) is 0 Å². The Morgan fingerprint density at radius 2 is 2.18 bits per heavy atom. The Kier molecular flexibility index (Phi) is 4.46. The molecule has 6 nitrogen and oxygen atoms in total. The lowest BCUT2D eigenvalue weighted by Gasteiger charge is -1.99. The molecule has 0 bridgehead atoms. The van der Waals surface area contributed by atoms with Gasteiger partial charge in [0, 0.05) is 12.6 Å². The fourth-order valence-electron chi connectivity index (χ4n) is 0.434. The number of carbonyl (C=O) groups is 2. The van der Waals surface area contributed by atoms with Gasteiger partial charge in [0.1, 0.15) is 0 Å². The topological polar surface area (TPSA) is 99.0 Å². The molecule has 1 rings (SSSR count). The van der Waals surface area contributed by atoms with Crippen LogP contribution < -0.4 is 5.43 Å². The van der Waals surface area contributed by atoms with Gasteiger partial charge in [0.2, 0.25) is 5.91 Å². The number of nitrogens with one attached hydrogen (secondary N) is 1. The van der Waals surface area contributed by atoms with Crippen LogP contribution in [0.15, 0.2) is 5.10 Å². The standard InChI is InChI=1S/C4H6N2O.CH2O3/c7-4-2-1-3-5-6-4;2-1(3)4/h3H,1-2H2,(H,6,7);(H2,2,3,4). The Hall–Kier alpha value is -1.59. The summed E-state index contributed by atoms with van der Waals surface area (Å²) in [5.74, 6) is 0.0162. The molecule has 0 aromatic heterocycles. The number of hydrogen-bond acceptors (Lipinski definition) is 3. The molecule has 0 unspecified atom stereocenters. The lowest BCUT2D eigenvalue weighted by molar-refractivity contribution is -0.121. The van der Waals surface area contributed by atoms with Gasteiger partial charge >= 0.3 is 6.16 Å². The normalized spacial score (nSPS) is 14.4. The summed E-state index contributed by atoms with van der Waals surface area (Å²) in [6, 6.07) is 0. The van der Waals surface area contributed by atoms with Crippen molar-refractivity contribution >= 4 is 18.3 Å². The molecule has 1 heterocycles. The van der Waals surface area contributed by atoms with Gasteiger partial charge in [-0.25, -0.2) is 10.2 Å². The van der Waals surface area contributed by atoms with Crippen LogP contribution in [0.4, 0.5) is 4.79 Å². The molecule has 11 heavy (non-hydrogen) atoms. The van der Waals surface area contributed by atoms with Crippen LogP contribution in [0.25, 0.3) is 0 Å². The summed E-state index contributed by atoms with van der Waals surface area (Å²) in [5.41, 5.74) is 2.31. The van der Waals surface area contributed by atoms with Crippen molar-refractivity contribution in [3.8, 4) is 0 Å². The Balaban J connectivity index is 0.000000218. The Morgan fingerprint density at radius 1 is 1.64 bits per heavy atom.